The molecule has 0 heterocycles. The number of sulfonamides is 1. The van der Waals surface area contributed by atoms with Crippen molar-refractivity contribution in [2.75, 3.05) is 20.7 Å². The van der Waals surface area contributed by atoms with E-state index in [-0.39, 0.29) is 17.4 Å². The number of primary sulfonamides is 1. The Kier molecular flexibility index (Phi) is 24.0. The molecule has 0 aliphatic carbocycles. The summed E-state index contributed by atoms with van der Waals surface area (Å²) in [6, 6.07) is 12.0. The van der Waals surface area contributed by atoms with E-state index in [1.54, 1.807) is 21.0 Å². The van der Waals surface area contributed by atoms with Crippen molar-refractivity contribution in [1.29, 1.82) is 0 Å². The Hall–Kier alpha value is -2.22. The van der Waals surface area contributed by atoms with Crippen molar-refractivity contribution in [3.05, 3.63) is 72.2 Å². The highest BCUT2D eigenvalue weighted by Gasteiger charge is 2.05. The van der Waals surface area contributed by atoms with Crippen LogP contribution in [0.25, 0.3) is 0 Å². The molecule has 0 saturated heterocycles. The lowest BCUT2D eigenvalue weighted by molar-refractivity contribution is -0.123. The first-order chi connectivity index (χ1) is 13.6. The van der Waals surface area contributed by atoms with E-state index in [0.29, 0.717) is 0 Å². The summed E-state index contributed by atoms with van der Waals surface area (Å²) in [5.74, 6) is -0.246. The Morgan fingerprint density at radius 3 is 1.62 bits per heavy atom. The SMILES string of the molecule is C=C/C(=C\C=C\C(=O)N(C)C)S(N)(=O)=O.CCCCC.CCO.c1ccccc1. The third-order valence-electron chi connectivity index (χ3n) is 2.84. The molecule has 166 valence electrons. The van der Waals surface area contributed by atoms with Gasteiger partial charge in [-0.3, -0.25) is 4.79 Å². The Balaban J connectivity index is -0.000000391. The van der Waals surface area contributed by atoms with Crippen LogP contribution >= 0.6 is 0 Å². The molecule has 0 bridgehead atoms. The van der Waals surface area contributed by atoms with Gasteiger partial charge in [-0.25, -0.2) is 13.6 Å². The van der Waals surface area contributed by atoms with E-state index in [0.717, 1.165) is 6.08 Å². The average Bonchev–Trinajstić information content (AvgIpc) is 2.67. The molecule has 0 atom stereocenters. The number of benzene rings is 1. The molecule has 3 N–H and O–H groups in total. The number of allylic oxidation sites excluding steroid dienone is 3. The number of amides is 1. The zero-order chi connectivity index (χ0) is 23.1. The van der Waals surface area contributed by atoms with Gasteiger partial charge in [-0.05, 0) is 19.1 Å². The highest BCUT2D eigenvalue weighted by molar-refractivity contribution is 7.93. The average molecular weight is 427 g/mol. The molecule has 1 aromatic carbocycles. The first-order valence-electron chi connectivity index (χ1n) is 9.47. The fourth-order valence-electron chi connectivity index (χ4n) is 1.39. The largest absolute Gasteiger partial charge is 0.397 e. The lowest BCUT2D eigenvalue weighted by Crippen LogP contribution is -2.18. The monoisotopic (exact) mass is 426 g/mol. The van der Waals surface area contributed by atoms with E-state index >= 15 is 0 Å². The second kappa shape index (κ2) is 22.1. The maximum atomic E-state index is 11.1. The Morgan fingerprint density at radius 1 is 1.03 bits per heavy atom. The van der Waals surface area contributed by atoms with E-state index in [1.807, 2.05) is 36.4 Å². The standard InChI is InChI=1S/C9H14N2O3S.C6H6.C5H12.C2H6O/c1-4-8(15(10,13)14)6-5-7-9(12)11(2)3;1-2-4-6-5-3-1;1-3-5-4-2;1-2-3/h4-7H,1H2,2-3H3,(H2,10,13,14);1-6H;3-5H2,1-2H3;3H,2H2,1H3/b7-5+,8-6+;;;. The van der Waals surface area contributed by atoms with Crippen LogP contribution in [0.15, 0.2) is 72.2 Å². The summed E-state index contributed by atoms with van der Waals surface area (Å²) in [5.41, 5.74) is 0. The molecule has 0 fully saturated rings. The van der Waals surface area contributed by atoms with Crippen LogP contribution in [-0.4, -0.2) is 45.0 Å². The zero-order valence-electron chi connectivity index (χ0n) is 18.4. The predicted octanol–water partition coefficient (Wildman–Crippen LogP) is 3.87. The van der Waals surface area contributed by atoms with Crippen LogP contribution in [0, 0.1) is 0 Å². The molecule has 7 heteroatoms. The number of likely N-dealkylation sites (N-methyl/N-ethyl adjacent to an activating group) is 1. The maximum Gasteiger partial charge on any atom is 0.246 e. The molecular weight excluding hydrogens is 388 g/mol. The van der Waals surface area contributed by atoms with E-state index in [2.05, 4.69) is 20.4 Å². The van der Waals surface area contributed by atoms with E-state index in [1.165, 1.54) is 42.4 Å². The molecule has 6 nitrogen and oxygen atoms in total. The molecule has 1 amide bonds. The predicted molar refractivity (Wildman–Crippen MR) is 124 cm³/mol. The second-order valence-corrected chi connectivity index (χ2v) is 7.30. The van der Waals surface area contributed by atoms with Gasteiger partial charge >= 0.3 is 0 Å². The van der Waals surface area contributed by atoms with Gasteiger partial charge in [0.2, 0.25) is 15.9 Å². The van der Waals surface area contributed by atoms with E-state index < -0.39 is 10.0 Å². The number of nitrogens with zero attached hydrogens (tertiary/aromatic N) is 1. The van der Waals surface area contributed by atoms with Crippen LogP contribution < -0.4 is 5.14 Å². The van der Waals surface area contributed by atoms with Crippen LogP contribution in [0.5, 0.6) is 0 Å². The highest BCUT2D eigenvalue weighted by Crippen LogP contribution is 2.02. The van der Waals surface area contributed by atoms with Crippen molar-refractivity contribution >= 4 is 15.9 Å². The minimum Gasteiger partial charge on any atom is -0.397 e. The Bertz CT molecular complexity index is 639. The van der Waals surface area contributed by atoms with Gasteiger partial charge in [-0.1, -0.05) is 82.2 Å². The number of hydrogen-bond donors (Lipinski definition) is 2. The number of aliphatic hydroxyl groups is 1. The third kappa shape index (κ3) is 25.8. The summed E-state index contributed by atoms with van der Waals surface area (Å²) in [6.07, 6.45) is 8.94. The smallest absolute Gasteiger partial charge is 0.246 e. The summed E-state index contributed by atoms with van der Waals surface area (Å²) < 4.78 is 21.8. The van der Waals surface area contributed by atoms with Crippen LogP contribution in [0.1, 0.15) is 40.0 Å². The summed E-state index contributed by atoms with van der Waals surface area (Å²) in [6.45, 7) is 9.66. The Labute approximate surface area is 177 Å². The topological polar surface area (TPSA) is 101 Å². The van der Waals surface area contributed by atoms with Gasteiger partial charge in [-0.2, -0.15) is 0 Å². The molecule has 0 spiro atoms. The summed E-state index contributed by atoms with van der Waals surface area (Å²) in [5, 5.41) is 12.4. The lowest BCUT2D eigenvalue weighted by atomic mass is 10.3. The molecule has 0 aliphatic rings. The van der Waals surface area contributed by atoms with Crippen LogP contribution in [0.3, 0.4) is 0 Å². The molecule has 29 heavy (non-hydrogen) atoms. The quantitative estimate of drug-likeness (QED) is 0.532. The van der Waals surface area contributed by atoms with Crippen LogP contribution in [0.2, 0.25) is 0 Å². The van der Waals surface area contributed by atoms with Crippen molar-refractivity contribution in [1.82, 2.24) is 4.90 Å². The number of rotatable bonds is 6. The van der Waals surface area contributed by atoms with Gasteiger partial charge in [0.15, 0.2) is 0 Å². The highest BCUT2D eigenvalue weighted by atomic mass is 32.2. The van der Waals surface area contributed by atoms with Gasteiger partial charge in [-0.15, -0.1) is 0 Å². The molecule has 1 aromatic rings. The summed E-state index contributed by atoms with van der Waals surface area (Å²) >= 11 is 0. The van der Waals surface area contributed by atoms with Crippen molar-refractivity contribution in [2.45, 2.75) is 40.0 Å². The minimum atomic E-state index is -3.77. The normalized spacial score (nSPS) is 10.4. The molecule has 1 rings (SSSR count). The van der Waals surface area contributed by atoms with Gasteiger partial charge < -0.3 is 10.0 Å². The number of hydrogen-bond acceptors (Lipinski definition) is 4. The van der Waals surface area contributed by atoms with Crippen molar-refractivity contribution in [2.24, 2.45) is 5.14 Å². The zero-order valence-corrected chi connectivity index (χ0v) is 19.2. The first-order valence-corrected chi connectivity index (χ1v) is 11.0. The molecule has 0 aromatic heterocycles. The molecular formula is C22H38N2O4S. The molecule has 0 unspecified atom stereocenters. The summed E-state index contributed by atoms with van der Waals surface area (Å²) in [7, 11) is -0.591. The molecule has 0 aliphatic heterocycles. The minimum absolute atomic E-state index is 0.134. The first kappa shape index (κ1) is 31.5. The number of nitrogens with two attached hydrogens (primary N) is 1. The fourth-order valence-corrected chi connectivity index (χ4v) is 1.89. The van der Waals surface area contributed by atoms with Crippen molar-refractivity contribution in [3.8, 4) is 0 Å². The molecule has 0 saturated carbocycles. The van der Waals surface area contributed by atoms with Gasteiger partial charge in [0, 0.05) is 26.8 Å². The Morgan fingerprint density at radius 2 is 1.41 bits per heavy atom. The molecule has 0 radical (unpaired) electrons. The number of carbonyl (C=O) groups is 1. The van der Waals surface area contributed by atoms with Crippen LogP contribution in [0.4, 0.5) is 0 Å². The summed E-state index contributed by atoms with van der Waals surface area (Å²) in [4.78, 5) is 12.3. The van der Waals surface area contributed by atoms with Crippen LogP contribution in [-0.2, 0) is 14.8 Å². The van der Waals surface area contributed by atoms with Gasteiger partial charge in [0.05, 0.1) is 4.91 Å². The van der Waals surface area contributed by atoms with Crippen molar-refractivity contribution < 1.29 is 18.3 Å². The van der Waals surface area contributed by atoms with E-state index in [4.69, 9.17) is 10.2 Å². The number of unbranched alkanes of at least 4 members (excludes halogenated alkanes) is 2. The fraction of sp³-hybridized carbons (Fsp3) is 0.409. The van der Waals surface area contributed by atoms with Gasteiger partial charge in [0.1, 0.15) is 0 Å². The number of carbonyl (C=O) groups excluding carboxylic acids is 1. The third-order valence-corrected chi connectivity index (χ3v) is 3.80. The lowest BCUT2D eigenvalue weighted by Gasteiger charge is -2.04. The maximum absolute atomic E-state index is 11.1. The second-order valence-electron chi connectivity index (χ2n) is 5.73. The van der Waals surface area contributed by atoms with Crippen molar-refractivity contribution in [3.63, 3.8) is 0 Å². The van der Waals surface area contributed by atoms with Gasteiger partial charge in [0.25, 0.3) is 0 Å². The van der Waals surface area contributed by atoms with E-state index in [9.17, 15) is 13.2 Å². The number of aliphatic hydroxyl groups excluding tert-OH is 1.